The fourth-order valence-corrected chi connectivity index (χ4v) is 6.23. The number of phenols is 1. The number of aromatic hydroxyl groups is 1. The molecule has 2 aromatic rings. The molecule has 37 heavy (non-hydrogen) atoms. The van der Waals surface area contributed by atoms with Crippen LogP contribution in [0.5, 0.6) is 5.75 Å². The molecule has 2 fully saturated rings. The van der Waals surface area contributed by atoms with Gasteiger partial charge in [0.05, 0.1) is 35.3 Å². The van der Waals surface area contributed by atoms with Gasteiger partial charge in [-0.1, -0.05) is 17.7 Å². The van der Waals surface area contributed by atoms with Gasteiger partial charge in [0.25, 0.3) is 0 Å². The first-order valence-electron chi connectivity index (χ1n) is 12.4. The summed E-state index contributed by atoms with van der Waals surface area (Å²) < 4.78 is 5.97. The van der Waals surface area contributed by atoms with E-state index < -0.39 is 25.1 Å². The van der Waals surface area contributed by atoms with E-state index in [4.69, 9.17) is 16.3 Å². The normalized spacial score (nSPS) is 26.0. The molecule has 3 aliphatic rings. The molecule has 1 aromatic heterocycles. The van der Waals surface area contributed by atoms with Crippen LogP contribution in [0.25, 0.3) is 11.6 Å². The van der Waals surface area contributed by atoms with Crippen molar-refractivity contribution in [3.63, 3.8) is 0 Å². The molecular weight excluding hydrogens is 495 g/mol. The zero-order chi connectivity index (χ0) is 26.3. The number of phenolic OH excluding ortho intramolecular Hbond substituents is 1. The van der Waals surface area contributed by atoms with Crippen molar-refractivity contribution in [2.24, 2.45) is 17.8 Å². The number of hydrogen-bond donors (Lipinski definition) is 3. The number of pyridine rings is 1. The number of hydrogen-bond acceptors (Lipinski definition) is 7. The average molecular weight is 523 g/mol. The van der Waals surface area contributed by atoms with Crippen molar-refractivity contribution >= 4 is 42.2 Å². The fraction of sp³-hybridized carbons (Fsp3) is 0.370. The van der Waals surface area contributed by atoms with Crippen LogP contribution in [0.2, 0.25) is 11.3 Å². The summed E-state index contributed by atoms with van der Waals surface area (Å²) in [5.41, 5.74) is 3.88. The summed E-state index contributed by atoms with van der Waals surface area (Å²) in [6.45, 7) is -0.234. The summed E-state index contributed by atoms with van der Waals surface area (Å²) in [6.07, 6.45) is 4.55. The molecule has 0 radical (unpaired) electrons. The van der Waals surface area contributed by atoms with Gasteiger partial charge in [-0.15, -0.1) is 0 Å². The van der Waals surface area contributed by atoms with E-state index in [9.17, 15) is 24.8 Å². The molecule has 2 amide bonds. The molecule has 1 aliphatic carbocycles. The number of imide groups is 1. The molecule has 4 atom stereocenters. The standard InChI is InChI=1S/C27H28BClN2O6/c1-31-26(34)19-11-17(14-32)24-20(25(19)27(31)35)13-28(36)37-23(24)8-6-16(22-4-2-3-9-30-22)10-15-5-7-18(33)12-21(15)29/h2-5,7,9-10,12,19-20,23,25,32-33,36H,6,8,11,13-14H2,1H3/b16-10-/t19-,20+,23-,25-/m1/s1. The van der Waals surface area contributed by atoms with Crippen LogP contribution in [-0.4, -0.2) is 63.8 Å². The number of carbonyl (C=O) groups is 2. The predicted octanol–water partition coefficient (Wildman–Crippen LogP) is 3.18. The molecule has 0 bridgehead atoms. The van der Waals surface area contributed by atoms with Crippen molar-refractivity contribution in [3.05, 3.63) is 70.0 Å². The molecule has 0 spiro atoms. The number of nitrogens with zero attached hydrogens (tertiary/aromatic N) is 2. The third-order valence-electron chi connectivity index (χ3n) is 7.70. The molecule has 2 aliphatic heterocycles. The number of allylic oxidation sites excluding steroid dienone is 1. The van der Waals surface area contributed by atoms with Crippen LogP contribution >= 0.6 is 11.6 Å². The van der Waals surface area contributed by atoms with Crippen LogP contribution in [0.3, 0.4) is 0 Å². The minimum Gasteiger partial charge on any atom is -0.508 e. The Hall–Kier alpha value is -2.98. The van der Waals surface area contributed by atoms with E-state index in [0.717, 1.165) is 22.4 Å². The monoisotopic (exact) mass is 522 g/mol. The quantitative estimate of drug-likeness (QED) is 0.303. The first-order valence-corrected chi connectivity index (χ1v) is 12.7. The Bertz CT molecular complexity index is 1280. The zero-order valence-electron chi connectivity index (χ0n) is 20.4. The Morgan fingerprint density at radius 3 is 2.76 bits per heavy atom. The Morgan fingerprint density at radius 1 is 1.24 bits per heavy atom. The first-order chi connectivity index (χ1) is 17.8. The molecule has 3 heterocycles. The van der Waals surface area contributed by atoms with Gasteiger partial charge in [0.15, 0.2) is 0 Å². The summed E-state index contributed by atoms with van der Waals surface area (Å²) in [5.74, 6) is -1.83. The lowest BCUT2D eigenvalue weighted by atomic mass is 9.58. The van der Waals surface area contributed by atoms with Gasteiger partial charge in [-0.2, -0.15) is 0 Å². The maximum atomic E-state index is 13.0. The third-order valence-corrected chi connectivity index (χ3v) is 8.03. The van der Waals surface area contributed by atoms with E-state index in [-0.39, 0.29) is 36.4 Å². The SMILES string of the molecule is CN1C(=O)[C@@H]2[C@@H](CC(CO)=C3[C@@H](CC/C(=C/c4ccc(O)cc4Cl)c4ccccn4)OB(O)C[C@@H]32)C1=O. The number of rotatable bonds is 6. The van der Waals surface area contributed by atoms with Crippen LogP contribution in [0, 0.1) is 17.8 Å². The van der Waals surface area contributed by atoms with Gasteiger partial charge >= 0.3 is 7.12 Å². The Balaban J connectivity index is 1.47. The Morgan fingerprint density at radius 2 is 2.05 bits per heavy atom. The fourth-order valence-electron chi connectivity index (χ4n) is 6.00. The lowest BCUT2D eigenvalue weighted by molar-refractivity contribution is -0.138. The minimum absolute atomic E-state index is 0.0711. The van der Waals surface area contributed by atoms with Crippen molar-refractivity contribution in [1.82, 2.24) is 9.88 Å². The summed E-state index contributed by atoms with van der Waals surface area (Å²) in [6, 6.07) is 10.4. The molecular formula is C27H28BClN2O6. The lowest BCUT2D eigenvalue weighted by Crippen LogP contribution is -2.46. The second kappa shape index (κ2) is 10.4. The highest BCUT2D eigenvalue weighted by Gasteiger charge is 2.56. The van der Waals surface area contributed by atoms with Crippen molar-refractivity contribution in [3.8, 4) is 5.75 Å². The maximum absolute atomic E-state index is 13.0. The van der Waals surface area contributed by atoms with E-state index in [2.05, 4.69) is 4.98 Å². The van der Waals surface area contributed by atoms with Gasteiger partial charge in [-0.3, -0.25) is 19.5 Å². The van der Waals surface area contributed by atoms with Gasteiger partial charge in [0, 0.05) is 13.2 Å². The molecule has 1 aromatic carbocycles. The third kappa shape index (κ3) is 4.84. The topological polar surface area (TPSA) is 120 Å². The number of halogens is 1. The largest absolute Gasteiger partial charge is 0.508 e. The van der Waals surface area contributed by atoms with Gasteiger partial charge in [-0.25, -0.2) is 0 Å². The smallest absolute Gasteiger partial charge is 0.455 e. The highest BCUT2D eigenvalue weighted by molar-refractivity contribution is 6.43. The van der Waals surface area contributed by atoms with E-state index in [1.54, 1.807) is 18.3 Å². The molecule has 0 saturated carbocycles. The lowest BCUT2D eigenvalue weighted by Gasteiger charge is -2.43. The van der Waals surface area contributed by atoms with E-state index in [0.29, 0.717) is 29.9 Å². The Labute approximate surface area is 220 Å². The van der Waals surface area contributed by atoms with Crippen LogP contribution in [0.4, 0.5) is 0 Å². The maximum Gasteiger partial charge on any atom is 0.455 e. The molecule has 0 unspecified atom stereocenters. The van der Waals surface area contributed by atoms with E-state index >= 15 is 0 Å². The van der Waals surface area contributed by atoms with Crippen LogP contribution in [-0.2, 0) is 14.2 Å². The molecule has 2 saturated heterocycles. The summed E-state index contributed by atoms with van der Waals surface area (Å²) >= 11 is 6.37. The van der Waals surface area contributed by atoms with Crippen molar-refractivity contribution in [2.75, 3.05) is 13.7 Å². The molecule has 192 valence electrons. The van der Waals surface area contributed by atoms with Crippen LogP contribution < -0.4 is 0 Å². The van der Waals surface area contributed by atoms with Crippen molar-refractivity contribution in [2.45, 2.75) is 31.7 Å². The number of aliphatic hydroxyl groups is 1. The molecule has 10 heteroatoms. The van der Waals surface area contributed by atoms with Gasteiger partial charge < -0.3 is 19.9 Å². The van der Waals surface area contributed by atoms with Crippen molar-refractivity contribution < 1.29 is 29.5 Å². The number of fused-ring (bicyclic) bond motifs is 3. The highest BCUT2D eigenvalue weighted by Crippen LogP contribution is 2.50. The summed E-state index contributed by atoms with van der Waals surface area (Å²) in [7, 11) is 0.410. The molecule has 5 rings (SSSR count). The summed E-state index contributed by atoms with van der Waals surface area (Å²) in [5, 5.41) is 31.0. The second-order valence-electron chi connectivity index (χ2n) is 9.84. The van der Waals surface area contributed by atoms with Gasteiger partial charge in [0.1, 0.15) is 5.75 Å². The van der Waals surface area contributed by atoms with Crippen LogP contribution in [0.1, 0.15) is 30.5 Å². The highest BCUT2D eigenvalue weighted by atomic mass is 35.5. The number of benzene rings is 1. The number of aliphatic hydroxyl groups excluding tert-OH is 1. The molecule has 3 N–H and O–H groups in total. The number of likely N-dealkylation sites (tertiary alicyclic amines) is 1. The van der Waals surface area contributed by atoms with E-state index in [1.807, 2.05) is 24.3 Å². The summed E-state index contributed by atoms with van der Waals surface area (Å²) in [4.78, 5) is 31.3. The minimum atomic E-state index is -1.08. The zero-order valence-corrected chi connectivity index (χ0v) is 21.1. The second-order valence-corrected chi connectivity index (χ2v) is 10.2. The number of amides is 2. The predicted molar refractivity (Wildman–Crippen MR) is 139 cm³/mol. The van der Waals surface area contributed by atoms with Crippen LogP contribution in [0.15, 0.2) is 53.7 Å². The molecule has 8 nitrogen and oxygen atoms in total. The van der Waals surface area contributed by atoms with Crippen molar-refractivity contribution in [1.29, 1.82) is 0 Å². The average Bonchev–Trinajstić information content (AvgIpc) is 3.11. The van der Waals surface area contributed by atoms with E-state index in [1.165, 1.54) is 18.0 Å². The van der Waals surface area contributed by atoms with Gasteiger partial charge in [0.2, 0.25) is 11.8 Å². The van der Waals surface area contributed by atoms with Gasteiger partial charge in [-0.05, 0) is 90.2 Å². The number of carbonyl (C=O) groups excluding carboxylic acids is 2. The first kappa shape index (κ1) is 25.7. The number of aromatic nitrogens is 1. The Kier molecular flexibility index (Phi) is 7.22.